The molecule has 0 saturated carbocycles. The molecule has 0 atom stereocenters. The Kier molecular flexibility index (Phi) is 3.39. The van der Waals surface area contributed by atoms with E-state index >= 15 is 0 Å². The van der Waals surface area contributed by atoms with Crippen LogP contribution in [0, 0.1) is 6.92 Å². The maximum absolute atomic E-state index is 5.41. The third-order valence-corrected chi connectivity index (χ3v) is 1.34. The standard InChI is InChI=1S/C6H11N3.ClH/c1-5-6(3-7)4-9(2)8-5;/h4H,3,7H2,1-2H3;1H. The molecule has 0 aliphatic heterocycles. The zero-order valence-electron chi connectivity index (χ0n) is 6.16. The van der Waals surface area contributed by atoms with Crippen molar-refractivity contribution in [2.24, 2.45) is 12.8 Å². The largest absolute Gasteiger partial charge is 0.326 e. The van der Waals surface area contributed by atoms with Crippen molar-refractivity contribution in [2.45, 2.75) is 13.5 Å². The van der Waals surface area contributed by atoms with E-state index in [1.165, 1.54) is 0 Å². The predicted octanol–water partition coefficient (Wildman–Crippen LogP) is 0.609. The third kappa shape index (κ3) is 1.72. The smallest absolute Gasteiger partial charge is 0.0638 e. The van der Waals surface area contributed by atoms with Gasteiger partial charge in [-0.1, -0.05) is 0 Å². The van der Waals surface area contributed by atoms with Gasteiger partial charge in [0.15, 0.2) is 0 Å². The van der Waals surface area contributed by atoms with Crippen LogP contribution in [0.1, 0.15) is 11.3 Å². The van der Waals surface area contributed by atoms with E-state index in [1.807, 2.05) is 20.2 Å². The highest BCUT2D eigenvalue weighted by Crippen LogP contribution is 2.01. The van der Waals surface area contributed by atoms with E-state index in [0.29, 0.717) is 6.54 Å². The Hall–Kier alpha value is -0.540. The molecule has 1 heterocycles. The summed E-state index contributed by atoms with van der Waals surface area (Å²) < 4.78 is 1.78. The molecule has 0 unspecified atom stereocenters. The van der Waals surface area contributed by atoms with Crippen molar-refractivity contribution in [3.05, 3.63) is 17.5 Å². The highest BCUT2D eigenvalue weighted by atomic mass is 35.5. The molecule has 0 spiro atoms. The number of aryl methyl sites for hydroxylation is 2. The fourth-order valence-corrected chi connectivity index (χ4v) is 0.849. The van der Waals surface area contributed by atoms with Gasteiger partial charge in [0.1, 0.15) is 0 Å². The zero-order chi connectivity index (χ0) is 6.85. The van der Waals surface area contributed by atoms with Crippen LogP contribution in [0.3, 0.4) is 0 Å². The molecule has 2 N–H and O–H groups in total. The molecule has 0 aliphatic rings. The summed E-state index contributed by atoms with van der Waals surface area (Å²) in [5, 5.41) is 4.12. The lowest BCUT2D eigenvalue weighted by molar-refractivity contribution is 0.756. The highest BCUT2D eigenvalue weighted by molar-refractivity contribution is 5.85. The van der Waals surface area contributed by atoms with Crippen LogP contribution in [-0.2, 0) is 13.6 Å². The number of nitrogens with zero attached hydrogens (tertiary/aromatic N) is 2. The Labute approximate surface area is 66.6 Å². The number of aromatic nitrogens is 2. The lowest BCUT2D eigenvalue weighted by atomic mass is 10.3. The van der Waals surface area contributed by atoms with Gasteiger partial charge in [-0.2, -0.15) is 5.10 Å². The molecule has 0 saturated heterocycles. The molecular formula is C6H12ClN3. The third-order valence-electron chi connectivity index (χ3n) is 1.34. The number of hydrogen-bond acceptors (Lipinski definition) is 2. The Morgan fingerprint density at radius 2 is 2.30 bits per heavy atom. The normalized spacial score (nSPS) is 9.10. The van der Waals surface area contributed by atoms with E-state index < -0.39 is 0 Å². The van der Waals surface area contributed by atoms with Gasteiger partial charge in [-0.3, -0.25) is 4.68 Å². The molecule has 3 nitrogen and oxygen atoms in total. The average Bonchev–Trinajstić information content (AvgIpc) is 2.10. The van der Waals surface area contributed by atoms with E-state index in [2.05, 4.69) is 5.10 Å². The molecule has 58 valence electrons. The van der Waals surface area contributed by atoms with E-state index in [1.54, 1.807) is 4.68 Å². The fourth-order valence-electron chi connectivity index (χ4n) is 0.849. The van der Waals surface area contributed by atoms with Gasteiger partial charge in [-0.15, -0.1) is 12.4 Å². The molecule has 0 bridgehead atoms. The molecule has 0 amide bonds. The maximum atomic E-state index is 5.41. The summed E-state index contributed by atoms with van der Waals surface area (Å²) in [5.74, 6) is 0. The van der Waals surface area contributed by atoms with Crippen LogP contribution in [0.4, 0.5) is 0 Å². The first-order valence-electron chi connectivity index (χ1n) is 2.93. The zero-order valence-corrected chi connectivity index (χ0v) is 6.98. The van der Waals surface area contributed by atoms with Gasteiger partial charge < -0.3 is 5.73 Å². The molecule has 1 rings (SSSR count). The van der Waals surface area contributed by atoms with Crippen molar-refractivity contribution in [3.63, 3.8) is 0 Å². The van der Waals surface area contributed by atoms with Crippen molar-refractivity contribution in [3.8, 4) is 0 Å². The van der Waals surface area contributed by atoms with Crippen LogP contribution in [0.2, 0.25) is 0 Å². The molecule has 1 aromatic rings. The molecule has 10 heavy (non-hydrogen) atoms. The minimum atomic E-state index is 0. The van der Waals surface area contributed by atoms with Crippen molar-refractivity contribution in [1.82, 2.24) is 9.78 Å². The van der Waals surface area contributed by atoms with Gasteiger partial charge in [0, 0.05) is 25.4 Å². The van der Waals surface area contributed by atoms with Gasteiger partial charge in [0.05, 0.1) is 5.69 Å². The van der Waals surface area contributed by atoms with Crippen LogP contribution < -0.4 is 5.73 Å². The fraction of sp³-hybridized carbons (Fsp3) is 0.500. The first kappa shape index (κ1) is 9.46. The monoisotopic (exact) mass is 161 g/mol. The molecule has 1 aromatic heterocycles. The van der Waals surface area contributed by atoms with Crippen molar-refractivity contribution in [1.29, 1.82) is 0 Å². The minimum absolute atomic E-state index is 0. The van der Waals surface area contributed by atoms with Crippen LogP contribution in [0.25, 0.3) is 0 Å². The molecule has 0 aromatic carbocycles. The molecule has 0 fully saturated rings. The Balaban J connectivity index is 0.000000810. The van der Waals surface area contributed by atoms with E-state index in [9.17, 15) is 0 Å². The van der Waals surface area contributed by atoms with E-state index in [-0.39, 0.29) is 12.4 Å². The summed E-state index contributed by atoms with van der Waals surface area (Å²) in [7, 11) is 1.90. The van der Waals surface area contributed by atoms with Crippen molar-refractivity contribution < 1.29 is 0 Å². The highest BCUT2D eigenvalue weighted by Gasteiger charge is 1.97. The van der Waals surface area contributed by atoms with Crippen molar-refractivity contribution >= 4 is 12.4 Å². The maximum Gasteiger partial charge on any atom is 0.0638 e. The second-order valence-corrected chi connectivity index (χ2v) is 2.12. The second kappa shape index (κ2) is 3.58. The summed E-state index contributed by atoms with van der Waals surface area (Å²) in [6.07, 6.45) is 1.94. The molecule has 0 aliphatic carbocycles. The average molecular weight is 162 g/mol. The van der Waals surface area contributed by atoms with E-state index in [4.69, 9.17) is 5.73 Å². The van der Waals surface area contributed by atoms with Gasteiger partial charge in [0.2, 0.25) is 0 Å². The lowest BCUT2D eigenvalue weighted by Crippen LogP contribution is -1.95. The summed E-state index contributed by atoms with van der Waals surface area (Å²) in [4.78, 5) is 0. The lowest BCUT2D eigenvalue weighted by Gasteiger charge is -1.85. The summed E-state index contributed by atoms with van der Waals surface area (Å²) in [6.45, 7) is 2.54. The number of halogens is 1. The van der Waals surface area contributed by atoms with Crippen molar-refractivity contribution in [2.75, 3.05) is 0 Å². The molecule has 4 heteroatoms. The minimum Gasteiger partial charge on any atom is -0.326 e. The van der Waals surface area contributed by atoms with E-state index in [0.717, 1.165) is 11.3 Å². The first-order chi connectivity index (χ1) is 4.24. The summed E-state index contributed by atoms with van der Waals surface area (Å²) in [5.41, 5.74) is 7.56. The van der Waals surface area contributed by atoms with Crippen LogP contribution in [0.5, 0.6) is 0 Å². The van der Waals surface area contributed by atoms with Crippen LogP contribution >= 0.6 is 12.4 Å². The summed E-state index contributed by atoms with van der Waals surface area (Å²) >= 11 is 0. The summed E-state index contributed by atoms with van der Waals surface area (Å²) in [6, 6.07) is 0. The molecular weight excluding hydrogens is 150 g/mol. The van der Waals surface area contributed by atoms with Crippen LogP contribution in [-0.4, -0.2) is 9.78 Å². The quantitative estimate of drug-likeness (QED) is 0.656. The number of hydrogen-bond donors (Lipinski definition) is 1. The second-order valence-electron chi connectivity index (χ2n) is 2.12. The number of rotatable bonds is 1. The van der Waals surface area contributed by atoms with Gasteiger partial charge in [-0.05, 0) is 6.92 Å². The van der Waals surface area contributed by atoms with Gasteiger partial charge >= 0.3 is 0 Å². The first-order valence-corrected chi connectivity index (χ1v) is 2.93. The number of nitrogens with two attached hydrogens (primary N) is 1. The Morgan fingerprint density at radius 1 is 1.70 bits per heavy atom. The van der Waals surface area contributed by atoms with Crippen LogP contribution in [0.15, 0.2) is 6.20 Å². The predicted molar refractivity (Wildman–Crippen MR) is 43.1 cm³/mol. The van der Waals surface area contributed by atoms with Gasteiger partial charge in [0.25, 0.3) is 0 Å². The Bertz CT molecular complexity index is 207. The van der Waals surface area contributed by atoms with Gasteiger partial charge in [-0.25, -0.2) is 0 Å². The topological polar surface area (TPSA) is 43.8 Å². The Morgan fingerprint density at radius 3 is 2.50 bits per heavy atom. The SMILES string of the molecule is Cc1nn(C)cc1CN.Cl. The molecule has 0 radical (unpaired) electrons.